The van der Waals surface area contributed by atoms with E-state index in [-0.39, 0.29) is 11.4 Å². The molecule has 2 aromatic carbocycles. The smallest absolute Gasteiger partial charge is 0.183 e. The maximum Gasteiger partial charge on any atom is 0.183 e. The Morgan fingerprint density at radius 1 is 1.32 bits per heavy atom. The zero-order valence-electron chi connectivity index (χ0n) is 15.9. The average Bonchev–Trinajstić information content (AvgIpc) is 3.24. The minimum atomic E-state index is -0.227. The van der Waals surface area contributed by atoms with Crippen molar-refractivity contribution >= 4 is 32.4 Å². The van der Waals surface area contributed by atoms with Crippen LogP contribution in [0.5, 0.6) is 17.2 Å². The summed E-state index contributed by atoms with van der Waals surface area (Å²) in [5.74, 6) is 1.83. The van der Waals surface area contributed by atoms with Gasteiger partial charge in [-0.3, -0.25) is 0 Å². The number of nitrogens with zero attached hydrogens (tertiary/aromatic N) is 1. The SMILES string of the molecule is COc1cc(-c2csc(NCc3cc(Br)ccc3O)n2)cc2c1OC(C)(C)C2. The molecule has 0 radical (unpaired) electrons. The molecule has 1 aliphatic heterocycles. The number of aromatic nitrogens is 1. The molecule has 0 atom stereocenters. The molecule has 4 rings (SSSR count). The fourth-order valence-electron chi connectivity index (χ4n) is 3.33. The van der Waals surface area contributed by atoms with Crippen LogP contribution in [0.3, 0.4) is 0 Å². The van der Waals surface area contributed by atoms with Gasteiger partial charge in [-0.15, -0.1) is 11.3 Å². The highest BCUT2D eigenvalue weighted by Crippen LogP contribution is 2.44. The van der Waals surface area contributed by atoms with E-state index in [2.05, 4.69) is 41.2 Å². The van der Waals surface area contributed by atoms with Crippen LogP contribution < -0.4 is 14.8 Å². The number of hydrogen-bond acceptors (Lipinski definition) is 6. The number of ether oxygens (including phenoxy) is 2. The molecule has 0 amide bonds. The van der Waals surface area contributed by atoms with Crippen LogP contribution in [-0.4, -0.2) is 22.8 Å². The van der Waals surface area contributed by atoms with Gasteiger partial charge in [-0.2, -0.15) is 0 Å². The number of fused-ring (bicyclic) bond motifs is 1. The number of aromatic hydroxyl groups is 1. The standard InChI is InChI=1S/C21H21BrN2O3S/c1-21(2)9-13-6-12(8-18(26-3)19(13)27-21)16-11-28-20(24-16)23-10-14-7-15(22)4-5-17(14)25/h4-8,11,25H,9-10H2,1-3H3,(H,23,24). The Labute approximate surface area is 176 Å². The van der Waals surface area contributed by atoms with E-state index < -0.39 is 0 Å². The second-order valence-electron chi connectivity index (χ2n) is 7.37. The van der Waals surface area contributed by atoms with Crippen LogP contribution in [0, 0.1) is 0 Å². The average molecular weight is 461 g/mol. The quantitative estimate of drug-likeness (QED) is 0.517. The van der Waals surface area contributed by atoms with Crippen LogP contribution in [0.4, 0.5) is 5.13 Å². The van der Waals surface area contributed by atoms with E-state index in [1.54, 1.807) is 13.2 Å². The molecule has 0 aliphatic carbocycles. The molecule has 146 valence electrons. The summed E-state index contributed by atoms with van der Waals surface area (Å²) < 4.78 is 12.5. The molecular weight excluding hydrogens is 440 g/mol. The van der Waals surface area contributed by atoms with E-state index in [9.17, 15) is 5.11 Å². The Hall–Kier alpha value is -2.25. The van der Waals surface area contributed by atoms with Gasteiger partial charge in [0.25, 0.3) is 0 Å². The van der Waals surface area contributed by atoms with E-state index in [1.165, 1.54) is 11.3 Å². The first-order valence-electron chi connectivity index (χ1n) is 8.92. The van der Waals surface area contributed by atoms with E-state index in [4.69, 9.17) is 14.5 Å². The molecule has 2 heterocycles. The molecule has 0 bridgehead atoms. The van der Waals surface area contributed by atoms with Crippen LogP contribution in [0.2, 0.25) is 0 Å². The lowest BCUT2D eigenvalue weighted by atomic mass is 9.99. The van der Waals surface area contributed by atoms with E-state index >= 15 is 0 Å². The van der Waals surface area contributed by atoms with Crippen molar-refractivity contribution in [3.05, 3.63) is 51.3 Å². The summed E-state index contributed by atoms with van der Waals surface area (Å²) in [6.45, 7) is 4.65. The molecule has 1 aliphatic rings. The molecule has 0 saturated carbocycles. The number of benzene rings is 2. The van der Waals surface area contributed by atoms with E-state index in [0.717, 1.165) is 49.9 Å². The molecule has 28 heavy (non-hydrogen) atoms. The largest absolute Gasteiger partial charge is 0.508 e. The van der Waals surface area contributed by atoms with Crippen LogP contribution in [0.15, 0.2) is 40.2 Å². The number of rotatable bonds is 5. The molecule has 2 N–H and O–H groups in total. The number of anilines is 1. The van der Waals surface area contributed by atoms with Crippen LogP contribution >= 0.6 is 27.3 Å². The van der Waals surface area contributed by atoms with Crippen molar-refractivity contribution in [3.63, 3.8) is 0 Å². The fraction of sp³-hybridized carbons (Fsp3) is 0.286. The van der Waals surface area contributed by atoms with Crippen LogP contribution in [0.1, 0.15) is 25.0 Å². The summed E-state index contributed by atoms with van der Waals surface area (Å²) in [6.07, 6.45) is 0.837. The zero-order valence-corrected chi connectivity index (χ0v) is 18.3. The Kier molecular flexibility index (Phi) is 4.97. The molecule has 0 spiro atoms. The monoisotopic (exact) mass is 460 g/mol. The van der Waals surface area contributed by atoms with E-state index in [1.807, 2.05) is 23.6 Å². The summed E-state index contributed by atoms with van der Waals surface area (Å²) in [4.78, 5) is 4.70. The number of hydrogen-bond donors (Lipinski definition) is 2. The van der Waals surface area contributed by atoms with Gasteiger partial charge in [-0.25, -0.2) is 4.98 Å². The van der Waals surface area contributed by atoms with Crippen molar-refractivity contribution in [1.82, 2.24) is 4.98 Å². The lowest BCUT2D eigenvalue weighted by molar-refractivity contribution is 0.134. The summed E-state index contributed by atoms with van der Waals surface area (Å²) >= 11 is 4.96. The van der Waals surface area contributed by atoms with Gasteiger partial charge < -0.3 is 19.9 Å². The first-order chi connectivity index (χ1) is 13.3. The number of thiazole rings is 1. The number of phenols is 1. The first-order valence-corrected chi connectivity index (χ1v) is 10.6. The second-order valence-corrected chi connectivity index (χ2v) is 9.14. The Morgan fingerprint density at radius 3 is 2.93 bits per heavy atom. The van der Waals surface area contributed by atoms with Crippen molar-refractivity contribution in [2.45, 2.75) is 32.4 Å². The molecular formula is C21H21BrN2O3S. The summed E-state index contributed by atoms with van der Waals surface area (Å²) in [5, 5.41) is 16.1. The highest BCUT2D eigenvalue weighted by Gasteiger charge is 2.33. The molecule has 5 nitrogen and oxygen atoms in total. The van der Waals surface area contributed by atoms with Gasteiger partial charge in [0, 0.05) is 39.5 Å². The second kappa shape index (κ2) is 7.29. The first kappa shape index (κ1) is 19.1. The summed E-state index contributed by atoms with van der Waals surface area (Å²) in [6, 6.07) is 9.48. The van der Waals surface area contributed by atoms with Gasteiger partial charge in [-0.1, -0.05) is 15.9 Å². The lowest BCUT2D eigenvalue weighted by Gasteiger charge is -2.17. The molecule has 0 saturated heterocycles. The third-order valence-corrected chi connectivity index (χ3v) is 5.91. The predicted molar refractivity (Wildman–Crippen MR) is 116 cm³/mol. The van der Waals surface area contributed by atoms with Gasteiger partial charge in [0.15, 0.2) is 16.6 Å². The third kappa shape index (κ3) is 3.82. The molecule has 0 unspecified atom stereocenters. The Bertz CT molecular complexity index is 1030. The maximum atomic E-state index is 9.98. The minimum absolute atomic E-state index is 0.227. The van der Waals surface area contributed by atoms with Crippen molar-refractivity contribution in [2.24, 2.45) is 0 Å². The van der Waals surface area contributed by atoms with E-state index in [0.29, 0.717) is 6.54 Å². The van der Waals surface area contributed by atoms with Crippen LogP contribution in [-0.2, 0) is 13.0 Å². The highest BCUT2D eigenvalue weighted by atomic mass is 79.9. The Morgan fingerprint density at radius 2 is 2.14 bits per heavy atom. The summed E-state index contributed by atoms with van der Waals surface area (Å²) in [7, 11) is 1.66. The van der Waals surface area contributed by atoms with Crippen molar-refractivity contribution in [3.8, 4) is 28.5 Å². The minimum Gasteiger partial charge on any atom is -0.508 e. The number of nitrogens with one attached hydrogen (secondary N) is 1. The van der Waals surface area contributed by atoms with Gasteiger partial charge in [0.1, 0.15) is 11.4 Å². The van der Waals surface area contributed by atoms with Gasteiger partial charge in [0.05, 0.1) is 12.8 Å². The molecule has 3 aromatic rings. The fourth-order valence-corrected chi connectivity index (χ4v) is 4.46. The van der Waals surface area contributed by atoms with Crippen molar-refractivity contribution in [2.75, 3.05) is 12.4 Å². The topological polar surface area (TPSA) is 63.6 Å². The summed E-state index contributed by atoms with van der Waals surface area (Å²) in [5.41, 5.74) is 3.61. The third-order valence-electron chi connectivity index (χ3n) is 4.62. The van der Waals surface area contributed by atoms with Gasteiger partial charge in [0.2, 0.25) is 0 Å². The molecule has 0 fully saturated rings. The van der Waals surface area contributed by atoms with Crippen LogP contribution in [0.25, 0.3) is 11.3 Å². The normalized spacial score (nSPS) is 14.4. The van der Waals surface area contributed by atoms with Gasteiger partial charge >= 0.3 is 0 Å². The highest BCUT2D eigenvalue weighted by molar-refractivity contribution is 9.10. The maximum absolute atomic E-state index is 9.98. The van der Waals surface area contributed by atoms with Crippen molar-refractivity contribution in [1.29, 1.82) is 0 Å². The predicted octanol–water partition coefficient (Wildman–Crippen LogP) is 5.61. The number of phenolic OH excluding ortho intramolecular Hbond substituents is 1. The van der Waals surface area contributed by atoms with Crippen molar-refractivity contribution < 1.29 is 14.6 Å². The molecule has 7 heteroatoms. The zero-order chi connectivity index (χ0) is 19.9. The number of methoxy groups -OCH3 is 1. The number of halogens is 1. The Balaban J connectivity index is 1.56. The lowest BCUT2D eigenvalue weighted by Crippen LogP contribution is -2.24. The molecule has 1 aromatic heterocycles. The van der Waals surface area contributed by atoms with Gasteiger partial charge in [-0.05, 0) is 44.2 Å².